The summed E-state index contributed by atoms with van der Waals surface area (Å²) in [6.45, 7) is 2.89. The number of nitrogens with zero attached hydrogens (tertiary/aromatic N) is 2. The topological polar surface area (TPSA) is 110 Å². The Bertz CT molecular complexity index is 404. The molecule has 1 aromatic heterocycles. The highest BCUT2D eigenvalue weighted by molar-refractivity contribution is 5.92. The molecule has 0 bridgehead atoms. The zero-order valence-electron chi connectivity index (χ0n) is 10.3. The van der Waals surface area contributed by atoms with E-state index in [1.807, 2.05) is 6.92 Å². The number of carbonyl (C=O) groups excluding carboxylic acids is 2. The number of aromatic nitrogens is 2. The normalized spacial score (nSPS) is 9.83. The summed E-state index contributed by atoms with van der Waals surface area (Å²) in [5.74, 6) is -0.197. The fourth-order valence-electron chi connectivity index (χ4n) is 1.19. The number of amides is 2. The highest BCUT2D eigenvalue weighted by Gasteiger charge is 2.07. The first kappa shape index (κ1) is 13.9. The van der Waals surface area contributed by atoms with Gasteiger partial charge in [0, 0.05) is 19.5 Å². The molecule has 7 heteroatoms. The lowest BCUT2D eigenvalue weighted by Crippen LogP contribution is -2.31. The van der Waals surface area contributed by atoms with Gasteiger partial charge in [-0.2, -0.15) is 0 Å². The van der Waals surface area contributed by atoms with E-state index < -0.39 is 0 Å². The van der Waals surface area contributed by atoms with Gasteiger partial charge in [0.15, 0.2) is 0 Å². The Hall–Kier alpha value is -2.18. The van der Waals surface area contributed by atoms with E-state index in [0.29, 0.717) is 6.54 Å². The molecule has 0 atom stereocenters. The van der Waals surface area contributed by atoms with Crippen LogP contribution in [0.25, 0.3) is 0 Å². The van der Waals surface area contributed by atoms with Crippen LogP contribution in [0.2, 0.25) is 0 Å². The van der Waals surface area contributed by atoms with Crippen molar-refractivity contribution in [1.82, 2.24) is 20.6 Å². The Morgan fingerprint density at radius 2 is 2.00 bits per heavy atom. The molecule has 0 saturated heterocycles. The lowest BCUT2D eigenvalue weighted by molar-refractivity contribution is -0.120. The second-order valence-corrected chi connectivity index (χ2v) is 3.68. The molecule has 0 radical (unpaired) electrons. The minimum atomic E-state index is -0.370. The highest BCUT2D eigenvalue weighted by Crippen LogP contribution is 1.95. The van der Waals surface area contributed by atoms with E-state index in [-0.39, 0.29) is 36.3 Å². The molecular weight excluding hydrogens is 234 g/mol. The number of rotatable bonds is 6. The highest BCUT2D eigenvalue weighted by atomic mass is 16.2. The second-order valence-electron chi connectivity index (χ2n) is 3.68. The third-order valence-corrected chi connectivity index (χ3v) is 2.11. The van der Waals surface area contributed by atoms with Crippen LogP contribution >= 0.6 is 0 Å². The van der Waals surface area contributed by atoms with Crippen LogP contribution in [0.4, 0.5) is 5.82 Å². The fraction of sp³-hybridized carbons (Fsp3) is 0.455. The summed E-state index contributed by atoms with van der Waals surface area (Å²) in [5.41, 5.74) is 5.53. The average molecular weight is 251 g/mol. The van der Waals surface area contributed by atoms with Crippen molar-refractivity contribution in [1.29, 1.82) is 0 Å². The van der Waals surface area contributed by atoms with Crippen molar-refractivity contribution in [3.8, 4) is 0 Å². The maximum absolute atomic E-state index is 11.6. The molecule has 0 aliphatic carbocycles. The predicted octanol–water partition coefficient (Wildman–Crippen LogP) is -0.295. The van der Waals surface area contributed by atoms with Crippen LogP contribution in [0.15, 0.2) is 12.4 Å². The van der Waals surface area contributed by atoms with E-state index in [1.165, 1.54) is 12.4 Å². The van der Waals surface area contributed by atoms with Gasteiger partial charge in [-0.1, -0.05) is 6.92 Å². The van der Waals surface area contributed by atoms with E-state index >= 15 is 0 Å². The van der Waals surface area contributed by atoms with E-state index in [9.17, 15) is 9.59 Å². The summed E-state index contributed by atoms with van der Waals surface area (Å²) in [4.78, 5) is 30.4. The number of hydrogen-bond acceptors (Lipinski definition) is 5. The average Bonchev–Trinajstić information content (AvgIpc) is 2.37. The van der Waals surface area contributed by atoms with Gasteiger partial charge >= 0.3 is 0 Å². The molecule has 1 heterocycles. The summed E-state index contributed by atoms with van der Waals surface area (Å²) in [6, 6.07) is 0. The molecule has 1 rings (SSSR count). The minimum Gasteiger partial charge on any atom is -0.382 e. The van der Waals surface area contributed by atoms with E-state index in [2.05, 4.69) is 20.6 Å². The van der Waals surface area contributed by atoms with Gasteiger partial charge in [0.1, 0.15) is 11.5 Å². The van der Waals surface area contributed by atoms with E-state index in [4.69, 9.17) is 5.73 Å². The standard InChI is InChI=1S/C11H17N5O2/c1-2-4-13-10(17)3-5-14-11(18)8-6-16-9(12)7-15-8/h6-7H,2-5H2,1H3,(H2,12,16)(H,13,17)(H,14,18). The van der Waals surface area contributed by atoms with Gasteiger partial charge < -0.3 is 16.4 Å². The smallest absolute Gasteiger partial charge is 0.271 e. The molecule has 0 fully saturated rings. The van der Waals surface area contributed by atoms with Crippen LogP contribution in [-0.4, -0.2) is 34.9 Å². The van der Waals surface area contributed by atoms with Crippen molar-refractivity contribution in [3.05, 3.63) is 18.1 Å². The molecule has 7 nitrogen and oxygen atoms in total. The number of nitrogen functional groups attached to an aromatic ring is 1. The van der Waals surface area contributed by atoms with Crippen LogP contribution < -0.4 is 16.4 Å². The molecule has 0 spiro atoms. The lowest BCUT2D eigenvalue weighted by Gasteiger charge is -2.05. The summed E-state index contributed by atoms with van der Waals surface area (Å²) in [7, 11) is 0. The van der Waals surface area contributed by atoms with Crippen molar-refractivity contribution in [2.45, 2.75) is 19.8 Å². The maximum atomic E-state index is 11.6. The number of nitrogens with two attached hydrogens (primary N) is 1. The molecule has 4 N–H and O–H groups in total. The van der Waals surface area contributed by atoms with Gasteiger partial charge in [-0.05, 0) is 6.42 Å². The summed E-state index contributed by atoms with van der Waals surface area (Å²) in [5, 5.41) is 5.30. The van der Waals surface area contributed by atoms with Gasteiger partial charge in [0.25, 0.3) is 5.91 Å². The largest absolute Gasteiger partial charge is 0.382 e. The van der Waals surface area contributed by atoms with Gasteiger partial charge in [0.05, 0.1) is 12.4 Å². The van der Waals surface area contributed by atoms with E-state index in [1.54, 1.807) is 0 Å². The molecular formula is C11H17N5O2. The van der Waals surface area contributed by atoms with Crippen molar-refractivity contribution >= 4 is 17.6 Å². The summed E-state index contributed by atoms with van der Waals surface area (Å²) >= 11 is 0. The Morgan fingerprint density at radius 1 is 1.22 bits per heavy atom. The molecule has 0 saturated carbocycles. The van der Waals surface area contributed by atoms with Crippen molar-refractivity contribution < 1.29 is 9.59 Å². The maximum Gasteiger partial charge on any atom is 0.271 e. The number of anilines is 1. The Kier molecular flexibility index (Phi) is 5.56. The molecule has 98 valence electrons. The third kappa shape index (κ3) is 4.77. The van der Waals surface area contributed by atoms with Gasteiger partial charge in [-0.25, -0.2) is 9.97 Å². The molecule has 2 amide bonds. The monoisotopic (exact) mass is 251 g/mol. The van der Waals surface area contributed by atoms with Crippen LogP contribution in [-0.2, 0) is 4.79 Å². The van der Waals surface area contributed by atoms with Crippen molar-refractivity contribution in [2.75, 3.05) is 18.8 Å². The molecule has 0 unspecified atom stereocenters. The minimum absolute atomic E-state index is 0.0828. The zero-order valence-corrected chi connectivity index (χ0v) is 10.3. The first-order chi connectivity index (χ1) is 8.63. The Labute approximate surface area is 105 Å². The first-order valence-corrected chi connectivity index (χ1v) is 5.76. The van der Waals surface area contributed by atoms with Gasteiger partial charge in [-0.15, -0.1) is 0 Å². The van der Waals surface area contributed by atoms with Crippen LogP contribution in [0.1, 0.15) is 30.3 Å². The predicted molar refractivity (Wildman–Crippen MR) is 66.7 cm³/mol. The van der Waals surface area contributed by atoms with Crippen molar-refractivity contribution in [2.24, 2.45) is 0 Å². The second kappa shape index (κ2) is 7.21. The summed E-state index contributed by atoms with van der Waals surface area (Å²) in [6.07, 6.45) is 3.73. The lowest BCUT2D eigenvalue weighted by atomic mass is 10.3. The van der Waals surface area contributed by atoms with Crippen LogP contribution in [0, 0.1) is 0 Å². The molecule has 1 aromatic rings. The third-order valence-electron chi connectivity index (χ3n) is 2.11. The Balaban J connectivity index is 2.29. The number of hydrogen-bond donors (Lipinski definition) is 3. The molecule has 0 aliphatic heterocycles. The number of nitrogens with one attached hydrogen (secondary N) is 2. The zero-order chi connectivity index (χ0) is 13.4. The Morgan fingerprint density at radius 3 is 2.61 bits per heavy atom. The van der Waals surface area contributed by atoms with Gasteiger partial charge in [0.2, 0.25) is 5.91 Å². The first-order valence-electron chi connectivity index (χ1n) is 5.76. The van der Waals surface area contributed by atoms with Crippen LogP contribution in [0.3, 0.4) is 0 Å². The molecule has 0 aliphatic rings. The number of carbonyl (C=O) groups is 2. The molecule has 0 aromatic carbocycles. The van der Waals surface area contributed by atoms with Crippen molar-refractivity contribution in [3.63, 3.8) is 0 Å². The van der Waals surface area contributed by atoms with Crippen LogP contribution in [0.5, 0.6) is 0 Å². The summed E-state index contributed by atoms with van der Waals surface area (Å²) < 4.78 is 0. The SMILES string of the molecule is CCCNC(=O)CCNC(=O)c1cnc(N)cn1. The molecule has 18 heavy (non-hydrogen) atoms. The fourth-order valence-corrected chi connectivity index (χ4v) is 1.19. The van der Waals surface area contributed by atoms with Gasteiger partial charge in [-0.3, -0.25) is 9.59 Å². The quantitative estimate of drug-likeness (QED) is 0.643. The van der Waals surface area contributed by atoms with E-state index in [0.717, 1.165) is 6.42 Å².